The molecule has 2 aliphatic rings. The fourth-order valence-corrected chi connectivity index (χ4v) is 5.41. The fourth-order valence-electron chi connectivity index (χ4n) is 5.41. The number of fused-ring (bicyclic) bond motifs is 3. The van der Waals surface area contributed by atoms with Crippen molar-refractivity contribution in [2.75, 3.05) is 26.8 Å². The second-order valence-corrected chi connectivity index (χ2v) is 8.31. The average Bonchev–Trinajstić information content (AvgIpc) is 3.32. The van der Waals surface area contributed by atoms with Crippen LogP contribution in [0.15, 0.2) is 41.2 Å². The molecule has 0 bridgehead atoms. The molecule has 1 amide bonds. The van der Waals surface area contributed by atoms with Gasteiger partial charge in [-0.15, -0.1) is 0 Å². The van der Waals surface area contributed by atoms with E-state index in [0.29, 0.717) is 30.9 Å². The maximum atomic E-state index is 13.5. The molecule has 2 N–H and O–H groups in total. The fraction of sp³-hybridized carbons (Fsp3) is 0.500. The van der Waals surface area contributed by atoms with Crippen molar-refractivity contribution in [3.8, 4) is 16.9 Å². The molecule has 31 heavy (non-hydrogen) atoms. The number of amides is 1. The molecule has 0 saturated carbocycles. The van der Waals surface area contributed by atoms with Gasteiger partial charge in [-0.1, -0.05) is 32.0 Å². The molecule has 1 aromatic carbocycles. The van der Waals surface area contributed by atoms with Crippen molar-refractivity contribution in [1.82, 2.24) is 14.8 Å². The van der Waals surface area contributed by atoms with Gasteiger partial charge in [0.1, 0.15) is 5.75 Å². The van der Waals surface area contributed by atoms with E-state index in [1.54, 1.807) is 7.11 Å². The standard InChI is InChI=1S/C24H31N3O4/c1-4-12-25-23(29)22-18(14-28)17-13-27-19(21(17)26(22)5-2)11-10-16(24(27)30)15-8-6-7-9-20(15)31-3/h6-11,17-18,21-22,28H,4-5,12-14H2,1-3H3,(H,25,29)/t17-,18-,21+,22-/m0/s1. The number of aromatic nitrogens is 1. The van der Waals surface area contributed by atoms with Crippen LogP contribution in [-0.4, -0.2) is 53.3 Å². The number of rotatable bonds is 7. The molecule has 4 atom stereocenters. The van der Waals surface area contributed by atoms with Gasteiger partial charge in [0.25, 0.3) is 5.56 Å². The number of methoxy groups -OCH3 is 1. The Bertz CT molecular complexity index is 1020. The second-order valence-electron chi connectivity index (χ2n) is 8.31. The summed E-state index contributed by atoms with van der Waals surface area (Å²) >= 11 is 0. The number of para-hydroxylation sites is 1. The summed E-state index contributed by atoms with van der Waals surface area (Å²) in [4.78, 5) is 28.5. The third kappa shape index (κ3) is 3.46. The Morgan fingerprint density at radius 1 is 1.19 bits per heavy atom. The lowest BCUT2D eigenvalue weighted by molar-refractivity contribution is -0.127. The first-order chi connectivity index (χ1) is 15.1. The molecule has 3 heterocycles. The van der Waals surface area contributed by atoms with Crippen molar-refractivity contribution < 1.29 is 14.6 Å². The number of aliphatic hydroxyl groups is 1. The monoisotopic (exact) mass is 425 g/mol. The summed E-state index contributed by atoms with van der Waals surface area (Å²) in [5, 5.41) is 13.2. The molecule has 7 nitrogen and oxygen atoms in total. The number of nitrogens with one attached hydrogen (secondary N) is 1. The first kappa shape index (κ1) is 21.6. The lowest BCUT2D eigenvalue weighted by Gasteiger charge is -2.29. The van der Waals surface area contributed by atoms with E-state index in [1.165, 1.54) is 0 Å². The van der Waals surface area contributed by atoms with E-state index in [1.807, 2.05) is 54.8 Å². The van der Waals surface area contributed by atoms with Gasteiger partial charge in [0, 0.05) is 42.8 Å². The maximum absolute atomic E-state index is 13.5. The molecule has 0 aliphatic carbocycles. The number of benzene rings is 1. The molecule has 1 saturated heterocycles. The molecule has 0 unspecified atom stereocenters. The molecule has 1 fully saturated rings. The summed E-state index contributed by atoms with van der Waals surface area (Å²) in [7, 11) is 1.60. The zero-order chi connectivity index (χ0) is 22.1. The van der Waals surface area contributed by atoms with Crippen molar-refractivity contribution in [2.45, 2.75) is 38.9 Å². The Morgan fingerprint density at radius 3 is 2.65 bits per heavy atom. The molecule has 4 rings (SSSR count). The van der Waals surface area contributed by atoms with Crippen LogP contribution in [0, 0.1) is 11.8 Å². The molecule has 2 aliphatic heterocycles. The van der Waals surface area contributed by atoms with Crippen LogP contribution in [0.2, 0.25) is 0 Å². The van der Waals surface area contributed by atoms with Crippen molar-refractivity contribution in [1.29, 1.82) is 0 Å². The first-order valence-electron chi connectivity index (χ1n) is 11.1. The number of likely N-dealkylation sites (tertiary alicyclic amines) is 1. The van der Waals surface area contributed by atoms with Gasteiger partial charge in [0.05, 0.1) is 24.8 Å². The van der Waals surface area contributed by atoms with Gasteiger partial charge >= 0.3 is 0 Å². The highest BCUT2D eigenvalue weighted by Gasteiger charge is 2.54. The zero-order valence-corrected chi connectivity index (χ0v) is 18.4. The van der Waals surface area contributed by atoms with Crippen LogP contribution in [0.4, 0.5) is 0 Å². The van der Waals surface area contributed by atoms with E-state index >= 15 is 0 Å². The molecular weight excluding hydrogens is 394 g/mol. The van der Waals surface area contributed by atoms with Crippen LogP contribution in [0.5, 0.6) is 5.75 Å². The molecular formula is C24H31N3O4. The highest BCUT2D eigenvalue weighted by molar-refractivity contribution is 5.82. The summed E-state index contributed by atoms with van der Waals surface area (Å²) < 4.78 is 7.28. The Labute approximate surface area is 182 Å². The van der Waals surface area contributed by atoms with Gasteiger partial charge < -0.3 is 19.7 Å². The third-order valence-electron chi connectivity index (χ3n) is 6.77. The Morgan fingerprint density at radius 2 is 1.97 bits per heavy atom. The molecule has 2 aromatic rings. The van der Waals surface area contributed by atoms with Crippen LogP contribution >= 0.6 is 0 Å². The third-order valence-corrected chi connectivity index (χ3v) is 6.77. The van der Waals surface area contributed by atoms with Crippen molar-refractivity contribution in [3.05, 3.63) is 52.4 Å². The first-order valence-corrected chi connectivity index (χ1v) is 11.1. The number of hydrogen-bond acceptors (Lipinski definition) is 5. The quantitative estimate of drug-likeness (QED) is 0.709. The summed E-state index contributed by atoms with van der Waals surface area (Å²) in [6, 6.07) is 10.9. The SMILES string of the molecule is CCCNC(=O)[C@@H]1[C@@H](CO)[C@@H]2Cn3c(ccc(-c4ccccc4OC)c3=O)[C@@H]2N1CC. The number of carbonyl (C=O) groups is 1. The number of nitrogens with zero attached hydrogens (tertiary/aromatic N) is 2. The Balaban J connectivity index is 1.74. The predicted molar refractivity (Wildman–Crippen MR) is 119 cm³/mol. The normalized spacial score (nSPS) is 24.6. The summed E-state index contributed by atoms with van der Waals surface area (Å²) in [6.07, 6.45) is 0.866. The Kier molecular flexibility index (Phi) is 6.16. The summed E-state index contributed by atoms with van der Waals surface area (Å²) in [6.45, 7) is 5.77. The van der Waals surface area contributed by atoms with E-state index in [9.17, 15) is 14.7 Å². The van der Waals surface area contributed by atoms with Crippen molar-refractivity contribution in [2.24, 2.45) is 11.8 Å². The number of aliphatic hydroxyl groups excluding tert-OH is 1. The molecule has 0 spiro atoms. The van der Waals surface area contributed by atoms with Crippen LogP contribution in [0.1, 0.15) is 32.0 Å². The lowest BCUT2D eigenvalue weighted by Crippen LogP contribution is -2.48. The van der Waals surface area contributed by atoms with Gasteiger partial charge in [-0.05, 0) is 31.2 Å². The molecule has 0 radical (unpaired) electrons. The van der Waals surface area contributed by atoms with Gasteiger partial charge in [0.2, 0.25) is 5.91 Å². The van der Waals surface area contributed by atoms with Gasteiger partial charge in [-0.3, -0.25) is 14.5 Å². The van der Waals surface area contributed by atoms with Crippen molar-refractivity contribution in [3.63, 3.8) is 0 Å². The summed E-state index contributed by atoms with van der Waals surface area (Å²) in [5.74, 6) is 0.435. The number of ether oxygens (including phenoxy) is 1. The van der Waals surface area contributed by atoms with E-state index < -0.39 is 0 Å². The van der Waals surface area contributed by atoms with Gasteiger partial charge in [-0.2, -0.15) is 0 Å². The highest BCUT2D eigenvalue weighted by atomic mass is 16.5. The van der Waals surface area contributed by atoms with E-state index in [2.05, 4.69) is 10.2 Å². The summed E-state index contributed by atoms with van der Waals surface area (Å²) in [5.41, 5.74) is 2.23. The molecule has 166 valence electrons. The van der Waals surface area contributed by atoms with Crippen LogP contribution in [-0.2, 0) is 11.3 Å². The topological polar surface area (TPSA) is 83.8 Å². The Hall–Kier alpha value is -2.64. The largest absolute Gasteiger partial charge is 0.496 e. The average molecular weight is 426 g/mol. The number of hydrogen-bond donors (Lipinski definition) is 2. The maximum Gasteiger partial charge on any atom is 0.258 e. The lowest BCUT2D eigenvalue weighted by atomic mass is 9.88. The van der Waals surface area contributed by atoms with Crippen molar-refractivity contribution >= 4 is 5.91 Å². The smallest absolute Gasteiger partial charge is 0.258 e. The number of pyridine rings is 1. The zero-order valence-electron chi connectivity index (χ0n) is 18.4. The van der Waals surface area contributed by atoms with Gasteiger partial charge in [0.15, 0.2) is 0 Å². The van der Waals surface area contributed by atoms with E-state index in [4.69, 9.17) is 4.74 Å². The molecule has 1 aromatic heterocycles. The van der Waals surface area contributed by atoms with Crippen LogP contribution < -0.4 is 15.6 Å². The second kappa shape index (κ2) is 8.85. The number of likely N-dealkylation sites (N-methyl/N-ethyl adjacent to an activating group) is 1. The van der Waals surface area contributed by atoms with Crippen LogP contribution in [0.25, 0.3) is 11.1 Å². The predicted octanol–water partition coefficient (Wildman–Crippen LogP) is 2.03. The van der Waals surface area contributed by atoms with Crippen LogP contribution in [0.3, 0.4) is 0 Å². The minimum Gasteiger partial charge on any atom is -0.496 e. The number of carbonyl (C=O) groups excluding carboxylic acids is 1. The van der Waals surface area contributed by atoms with Gasteiger partial charge in [-0.25, -0.2) is 0 Å². The molecule has 7 heteroatoms. The van der Waals surface area contributed by atoms with E-state index in [-0.39, 0.29) is 42.0 Å². The minimum absolute atomic E-state index is 0.0166. The minimum atomic E-state index is -0.380. The van der Waals surface area contributed by atoms with E-state index in [0.717, 1.165) is 17.7 Å². The highest BCUT2D eigenvalue weighted by Crippen LogP contribution is 2.49.